The van der Waals surface area contributed by atoms with Crippen LogP contribution in [0.5, 0.6) is 0 Å². The van der Waals surface area contributed by atoms with Crippen LogP contribution in [0, 0.1) is 11.3 Å². The number of imidazole rings is 1. The summed E-state index contributed by atoms with van der Waals surface area (Å²) in [5, 5.41) is 20.1. The van der Waals surface area contributed by atoms with Gasteiger partial charge in [0.2, 0.25) is 0 Å². The molecule has 1 heterocycles. The molecule has 0 amide bonds. The zero-order chi connectivity index (χ0) is 19.2. The molecule has 2 N–H and O–H groups in total. The third kappa shape index (κ3) is 4.82. The van der Waals surface area contributed by atoms with Crippen molar-refractivity contribution < 1.29 is 14.6 Å². The molecule has 6 nitrogen and oxygen atoms in total. The van der Waals surface area contributed by atoms with Crippen molar-refractivity contribution in [2.75, 3.05) is 12.4 Å². The van der Waals surface area contributed by atoms with Gasteiger partial charge in [-0.15, -0.1) is 11.8 Å². The molecule has 1 aromatic heterocycles. The number of hydrogen-bond donors (Lipinski definition) is 2. The highest BCUT2D eigenvalue weighted by molar-refractivity contribution is 8.00. The van der Waals surface area contributed by atoms with Gasteiger partial charge in [0.1, 0.15) is 18.2 Å². The third-order valence-electron chi connectivity index (χ3n) is 3.57. The fourth-order valence-corrected chi connectivity index (χ4v) is 3.08. The highest BCUT2D eigenvalue weighted by atomic mass is 35.5. The number of H-pyrrole nitrogens is 1. The maximum atomic E-state index is 11.9. The lowest BCUT2D eigenvalue weighted by atomic mass is 10.2. The van der Waals surface area contributed by atoms with E-state index >= 15 is 0 Å². The van der Waals surface area contributed by atoms with Crippen LogP contribution in [-0.4, -0.2) is 33.4 Å². The Hall–Kier alpha value is -2.95. The van der Waals surface area contributed by atoms with Gasteiger partial charge in [-0.2, -0.15) is 5.26 Å². The predicted molar refractivity (Wildman–Crippen MR) is 104 cm³/mol. The molecule has 0 saturated carbocycles. The van der Waals surface area contributed by atoms with Crippen molar-refractivity contribution in [2.45, 2.75) is 4.90 Å². The average molecular weight is 400 g/mol. The number of carbonyl (C=O) groups excluding carboxylic acids is 1. The van der Waals surface area contributed by atoms with Gasteiger partial charge in [-0.05, 0) is 36.4 Å². The molecular weight excluding hydrogens is 386 g/mol. The number of aliphatic hydroxyl groups excluding tert-OH is 1. The molecule has 0 fully saturated rings. The molecule has 0 saturated heterocycles. The Morgan fingerprint density at radius 3 is 2.70 bits per heavy atom. The minimum absolute atomic E-state index is 0.0654. The van der Waals surface area contributed by atoms with Crippen molar-refractivity contribution in [3.63, 3.8) is 0 Å². The number of para-hydroxylation sites is 2. The number of aromatic nitrogens is 2. The molecule has 0 aliphatic heterocycles. The van der Waals surface area contributed by atoms with Gasteiger partial charge in [0.25, 0.3) is 0 Å². The average Bonchev–Trinajstić information content (AvgIpc) is 3.10. The molecule has 27 heavy (non-hydrogen) atoms. The fraction of sp³-hybridized carbons (Fsp3) is 0.105. The van der Waals surface area contributed by atoms with Crippen molar-refractivity contribution >= 4 is 45.9 Å². The molecule has 2 aromatic carbocycles. The fourth-order valence-electron chi connectivity index (χ4n) is 2.26. The molecule has 3 rings (SSSR count). The molecule has 0 spiro atoms. The number of allylic oxidation sites excluding steroid dienone is 1. The van der Waals surface area contributed by atoms with Crippen LogP contribution in [0.2, 0.25) is 5.02 Å². The minimum Gasteiger partial charge on any atom is -0.507 e. The van der Waals surface area contributed by atoms with Gasteiger partial charge in [0.05, 0.1) is 16.8 Å². The number of aromatic amines is 1. The molecular formula is C19H14ClN3O3S. The van der Waals surface area contributed by atoms with E-state index in [-0.39, 0.29) is 22.9 Å². The molecule has 8 heteroatoms. The Bertz CT molecular complexity index is 1010. The first-order valence-corrected chi connectivity index (χ1v) is 9.24. The number of thioether (sulfide) groups is 1. The second-order valence-corrected chi connectivity index (χ2v) is 6.92. The number of fused-ring (bicyclic) bond motifs is 1. The largest absolute Gasteiger partial charge is 0.507 e. The van der Waals surface area contributed by atoms with E-state index in [0.29, 0.717) is 10.5 Å². The van der Waals surface area contributed by atoms with Crippen molar-refractivity contribution in [3.8, 4) is 6.07 Å². The summed E-state index contributed by atoms with van der Waals surface area (Å²) >= 11 is 7.10. The van der Waals surface area contributed by atoms with E-state index in [0.717, 1.165) is 10.4 Å². The first kappa shape index (κ1) is 18.8. The summed E-state index contributed by atoms with van der Waals surface area (Å²) in [6.45, 7) is -0.403. The monoisotopic (exact) mass is 399 g/mol. The van der Waals surface area contributed by atoms with E-state index in [4.69, 9.17) is 16.3 Å². The van der Waals surface area contributed by atoms with Crippen LogP contribution in [0.4, 0.5) is 0 Å². The van der Waals surface area contributed by atoms with Gasteiger partial charge >= 0.3 is 5.97 Å². The molecule has 0 aliphatic carbocycles. The van der Waals surface area contributed by atoms with Crippen LogP contribution in [-0.2, 0) is 9.53 Å². The Kier molecular flexibility index (Phi) is 6.01. The van der Waals surface area contributed by atoms with Gasteiger partial charge in [-0.25, -0.2) is 4.98 Å². The number of rotatable bonds is 6. The Morgan fingerprint density at radius 2 is 2.00 bits per heavy atom. The summed E-state index contributed by atoms with van der Waals surface area (Å²) < 4.78 is 5.04. The molecule has 136 valence electrons. The quantitative estimate of drug-likeness (QED) is 0.277. The lowest BCUT2D eigenvalue weighted by Crippen LogP contribution is -2.11. The number of halogens is 1. The molecule has 0 bridgehead atoms. The summed E-state index contributed by atoms with van der Waals surface area (Å²) in [6.07, 6.45) is 0. The number of carbonyl (C=O) groups is 1. The number of esters is 1. The Labute approximate surface area is 164 Å². The number of nitrogens with one attached hydrogen (secondary N) is 1. The molecule has 0 atom stereocenters. The van der Waals surface area contributed by atoms with Crippen molar-refractivity contribution in [1.82, 2.24) is 9.97 Å². The topological polar surface area (TPSA) is 99.0 Å². The molecule has 0 unspecified atom stereocenters. The predicted octanol–water partition coefficient (Wildman–Crippen LogP) is 4.34. The van der Waals surface area contributed by atoms with Crippen molar-refractivity contribution in [1.29, 1.82) is 5.26 Å². The van der Waals surface area contributed by atoms with Gasteiger partial charge in [0.15, 0.2) is 11.6 Å². The van der Waals surface area contributed by atoms with Crippen molar-refractivity contribution in [3.05, 3.63) is 65.1 Å². The number of hydrogen-bond acceptors (Lipinski definition) is 6. The van der Waals surface area contributed by atoms with Gasteiger partial charge < -0.3 is 14.8 Å². The van der Waals surface area contributed by atoms with Gasteiger partial charge in [-0.1, -0.05) is 23.7 Å². The second kappa shape index (κ2) is 8.62. The zero-order valence-corrected chi connectivity index (χ0v) is 15.5. The van der Waals surface area contributed by atoms with E-state index in [9.17, 15) is 15.2 Å². The van der Waals surface area contributed by atoms with Crippen LogP contribution >= 0.6 is 23.4 Å². The van der Waals surface area contributed by atoms with E-state index < -0.39 is 12.6 Å². The van der Waals surface area contributed by atoms with Crippen LogP contribution in [0.3, 0.4) is 0 Å². The normalized spacial score (nSPS) is 11.7. The second-order valence-electron chi connectivity index (χ2n) is 5.44. The standard InChI is InChI=1S/C19H14ClN3O3S/c20-12-5-7-13(8-6-12)27-11-18(25)26-10-17(24)14(9-21)19-22-15-3-1-2-4-16(15)23-19/h1-8,24H,10-11H2,(H,22,23)/b17-14+. The van der Waals surface area contributed by atoms with E-state index in [2.05, 4.69) is 9.97 Å². The summed E-state index contributed by atoms with van der Waals surface area (Å²) in [4.78, 5) is 20.0. The molecule has 3 aromatic rings. The number of ether oxygens (including phenoxy) is 1. The maximum Gasteiger partial charge on any atom is 0.316 e. The smallest absolute Gasteiger partial charge is 0.316 e. The van der Waals surface area contributed by atoms with Crippen molar-refractivity contribution in [2.24, 2.45) is 0 Å². The third-order valence-corrected chi connectivity index (χ3v) is 4.80. The van der Waals surface area contributed by atoms with E-state index in [1.807, 2.05) is 24.3 Å². The number of nitrogens with zero attached hydrogens (tertiary/aromatic N) is 2. The molecule has 0 aliphatic rings. The SMILES string of the molecule is N#C/C(=C(\O)COC(=O)CSc1ccc(Cl)cc1)c1nc2ccccc2[nH]1. The van der Waals surface area contributed by atoms with Crippen LogP contribution in [0.25, 0.3) is 16.6 Å². The Balaban J connectivity index is 1.61. The maximum absolute atomic E-state index is 11.9. The van der Waals surface area contributed by atoms with E-state index in [1.165, 1.54) is 11.8 Å². The summed E-state index contributed by atoms with van der Waals surface area (Å²) in [6, 6.07) is 16.2. The van der Waals surface area contributed by atoms with Crippen LogP contribution in [0.15, 0.2) is 59.2 Å². The molecule has 0 radical (unpaired) electrons. The number of nitriles is 1. The Morgan fingerprint density at radius 1 is 1.26 bits per heavy atom. The summed E-state index contributed by atoms with van der Waals surface area (Å²) in [5.74, 6) is -0.575. The summed E-state index contributed by atoms with van der Waals surface area (Å²) in [5.41, 5.74) is 1.35. The highest BCUT2D eigenvalue weighted by Gasteiger charge is 2.15. The lowest BCUT2D eigenvalue weighted by molar-refractivity contribution is -0.140. The van der Waals surface area contributed by atoms with Crippen LogP contribution in [0.1, 0.15) is 5.82 Å². The van der Waals surface area contributed by atoms with Crippen LogP contribution < -0.4 is 0 Å². The first-order valence-electron chi connectivity index (χ1n) is 7.88. The highest BCUT2D eigenvalue weighted by Crippen LogP contribution is 2.21. The lowest BCUT2D eigenvalue weighted by Gasteiger charge is -2.05. The number of benzene rings is 2. The van der Waals surface area contributed by atoms with E-state index in [1.54, 1.807) is 30.3 Å². The number of aliphatic hydroxyl groups is 1. The minimum atomic E-state index is -0.511. The van der Waals surface area contributed by atoms with Gasteiger partial charge in [-0.3, -0.25) is 4.79 Å². The summed E-state index contributed by atoms with van der Waals surface area (Å²) in [7, 11) is 0. The zero-order valence-electron chi connectivity index (χ0n) is 14.0. The van der Waals surface area contributed by atoms with Gasteiger partial charge in [0, 0.05) is 9.92 Å². The first-order chi connectivity index (χ1) is 13.1.